The van der Waals surface area contributed by atoms with E-state index in [9.17, 15) is 32.8 Å². The standard InChI is InChI=1S/C25H32ClF2N2O9P/c1-14(2)36-21(33)15(3)12-40(35,38-16-9-7-6-8-10-16)39-24(4,5)19-18(31)25(26,13-27)22(37-19)30-11-17(28)20(32)29-23(30)34/h6-11,14-15,18-19,22,31H,12-13H2,1-5H3,(H,29,32,34)/t15-,18+,19+,22-,25?,40+/m1/s1. The highest BCUT2D eigenvalue weighted by molar-refractivity contribution is 7.54. The van der Waals surface area contributed by atoms with E-state index in [-0.39, 0.29) is 5.75 Å². The summed E-state index contributed by atoms with van der Waals surface area (Å²) in [7, 11) is -4.27. The fourth-order valence-electron chi connectivity index (χ4n) is 4.25. The minimum absolute atomic E-state index is 0.155. The van der Waals surface area contributed by atoms with Crippen molar-refractivity contribution >= 4 is 25.2 Å². The normalized spacial score (nSPS) is 25.4. The molecule has 2 heterocycles. The molecule has 1 aliphatic rings. The van der Waals surface area contributed by atoms with Gasteiger partial charge in [-0.25, -0.2) is 13.8 Å². The third-order valence-electron chi connectivity index (χ3n) is 6.15. The number of halogens is 3. The highest BCUT2D eigenvalue weighted by atomic mass is 35.5. The second kappa shape index (κ2) is 12.1. The molecule has 1 fully saturated rings. The van der Waals surface area contributed by atoms with Crippen LogP contribution in [0, 0.1) is 11.7 Å². The molecule has 1 aromatic heterocycles. The second-order valence-electron chi connectivity index (χ2n) is 10.3. The summed E-state index contributed by atoms with van der Waals surface area (Å²) < 4.78 is 65.6. The molecule has 0 radical (unpaired) electrons. The molecule has 15 heteroatoms. The molecule has 11 nitrogen and oxygen atoms in total. The van der Waals surface area contributed by atoms with Gasteiger partial charge in [0.1, 0.15) is 35.1 Å². The predicted molar refractivity (Wildman–Crippen MR) is 141 cm³/mol. The zero-order valence-electron chi connectivity index (χ0n) is 22.5. The van der Waals surface area contributed by atoms with Gasteiger partial charge in [0, 0.05) is 0 Å². The average molecular weight is 609 g/mol. The maximum atomic E-state index is 14.3. The number of nitrogens with one attached hydrogen (secondary N) is 1. The smallest absolute Gasteiger partial charge is 0.380 e. The number of H-pyrrole nitrogens is 1. The lowest BCUT2D eigenvalue weighted by Gasteiger charge is -2.36. The highest BCUT2D eigenvalue weighted by Crippen LogP contribution is 2.56. The Morgan fingerprint density at radius 2 is 1.90 bits per heavy atom. The van der Waals surface area contributed by atoms with Crippen LogP contribution in [0.25, 0.3) is 0 Å². The van der Waals surface area contributed by atoms with E-state index in [0.717, 1.165) is 0 Å². The third kappa shape index (κ3) is 6.83. The Morgan fingerprint density at radius 1 is 1.27 bits per heavy atom. The summed E-state index contributed by atoms with van der Waals surface area (Å²) in [5, 5.41) is 11.1. The number of esters is 1. The van der Waals surface area contributed by atoms with Gasteiger partial charge in [-0.3, -0.25) is 23.7 Å². The number of ether oxygens (including phenoxy) is 2. The lowest BCUT2D eigenvalue weighted by atomic mass is 9.91. The molecule has 0 spiro atoms. The van der Waals surface area contributed by atoms with Crippen molar-refractivity contribution in [2.24, 2.45) is 5.92 Å². The molecule has 0 saturated carbocycles. The number of hydrogen-bond acceptors (Lipinski definition) is 9. The molecule has 0 aliphatic carbocycles. The van der Waals surface area contributed by atoms with Gasteiger partial charge < -0.3 is 19.1 Å². The maximum absolute atomic E-state index is 14.3. The largest absolute Gasteiger partial charge is 0.463 e. The summed E-state index contributed by atoms with van der Waals surface area (Å²) >= 11 is 6.41. The Balaban J connectivity index is 1.98. The number of benzene rings is 1. The van der Waals surface area contributed by atoms with Gasteiger partial charge in [-0.15, -0.1) is 11.6 Å². The molecule has 6 atom stereocenters. The van der Waals surface area contributed by atoms with E-state index in [1.165, 1.54) is 32.9 Å². The molecule has 222 valence electrons. The van der Waals surface area contributed by atoms with E-state index in [1.54, 1.807) is 37.0 Å². The summed E-state index contributed by atoms with van der Waals surface area (Å²) in [5.74, 6) is -2.82. The van der Waals surface area contributed by atoms with Crippen molar-refractivity contribution in [3.05, 3.63) is 63.2 Å². The van der Waals surface area contributed by atoms with Crippen molar-refractivity contribution < 1.29 is 41.8 Å². The Kier molecular flexibility index (Phi) is 9.68. The van der Waals surface area contributed by atoms with Crippen molar-refractivity contribution in [2.45, 2.75) is 69.6 Å². The van der Waals surface area contributed by atoms with Crippen LogP contribution in [0.15, 0.2) is 46.1 Å². The van der Waals surface area contributed by atoms with Crippen molar-refractivity contribution in [2.75, 3.05) is 12.8 Å². The SMILES string of the molecule is CC(C)OC(=O)[C@H](C)C[P@](=O)(Oc1ccccc1)OC(C)(C)[C@H]1O[C@@H](n2cc(F)c(=O)[nH]c2=O)C(Cl)(CF)[C@H]1O. The Bertz CT molecular complexity index is 1370. The molecular formula is C25H32ClF2N2O9P. The minimum Gasteiger partial charge on any atom is -0.463 e. The van der Waals surface area contributed by atoms with Crippen LogP contribution in [0.3, 0.4) is 0 Å². The van der Waals surface area contributed by atoms with Crippen LogP contribution in [0.5, 0.6) is 5.75 Å². The number of hydrogen-bond donors (Lipinski definition) is 2. The van der Waals surface area contributed by atoms with E-state index in [4.69, 9.17) is 30.1 Å². The maximum Gasteiger partial charge on any atom is 0.380 e. The van der Waals surface area contributed by atoms with Gasteiger partial charge in [0.05, 0.1) is 24.4 Å². The van der Waals surface area contributed by atoms with Gasteiger partial charge in [0.15, 0.2) is 6.23 Å². The van der Waals surface area contributed by atoms with Gasteiger partial charge in [-0.2, -0.15) is 4.39 Å². The van der Waals surface area contributed by atoms with Crippen LogP contribution in [-0.2, 0) is 23.4 Å². The molecule has 2 aromatic rings. The van der Waals surface area contributed by atoms with Crippen molar-refractivity contribution in [1.29, 1.82) is 0 Å². The van der Waals surface area contributed by atoms with E-state index >= 15 is 0 Å². The van der Waals surface area contributed by atoms with Gasteiger partial charge in [0.2, 0.25) is 5.82 Å². The second-order valence-corrected chi connectivity index (χ2v) is 13.0. The number of aliphatic hydroxyl groups is 1. The number of carbonyl (C=O) groups is 1. The topological polar surface area (TPSA) is 146 Å². The van der Waals surface area contributed by atoms with E-state index in [2.05, 4.69) is 0 Å². The molecule has 1 saturated heterocycles. The first-order valence-corrected chi connectivity index (χ1v) is 14.5. The van der Waals surface area contributed by atoms with Crippen LogP contribution in [0.4, 0.5) is 8.78 Å². The quantitative estimate of drug-likeness (QED) is 0.222. The number of para-hydroxylation sites is 1. The van der Waals surface area contributed by atoms with Crippen molar-refractivity contribution in [1.82, 2.24) is 9.55 Å². The molecule has 1 unspecified atom stereocenters. The highest BCUT2D eigenvalue weighted by Gasteiger charge is 2.62. The molecule has 1 aromatic carbocycles. The average Bonchev–Trinajstić information content (AvgIpc) is 3.12. The monoisotopic (exact) mass is 608 g/mol. The van der Waals surface area contributed by atoms with Crippen LogP contribution in [-0.4, -0.2) is 62.3 Å². The fraction of sp³-hybridized carbons (Fsp3) is 0.560. The summed E-state index contributed by atoms with van der Waals surface area (Å²) in [6.45, 7) is 6.05. The summed E-state index contributed by atoms with van der Waals surface area (Å²) in [4.78, 5) is 35.8. The Labute approximate surface area is 233 Å². The summed E-state index contributed by atoms with van der Waals surface area (Å²) in [6, 6.07) is 7.98. The van der Waals surface area contributed by atoms with Crippen LogP contribution in [0.1, 0.15) is 40.8 Å². The van der Waals surface area contributed by atoms with Gasteiger partial charge in [0.25, 0.3) is 5.56 Å². The predicted octanol–water partition coefficient (Wildman–Crippen LogP) is 3.54. The number of alkyl halides is 2. The zero-order valence-corrected chi connectivity index (χ0v) is 24.2. The van der Waals surface area contributed by atoms with Gasteiger partial charge >= 0.3 is 19.3 Å². The molecule has 0 bridgehead atoms. The number of nitrogens with zero attached hydrogens (tertiary/aromatic N) is 1. The lowest BCUT2D eigenvalue weighted by Crippen LogP contribution is -2.51. The first kappa shape index (κ1) is 32.0. The third-order valence-corrected chi connectivity index (χ3v) is 8.89. The van der Waals surface area contributed by atoms with Crippen molar-refractivity contribution in [3.8, 4) is 5.75 Å². The van der Waals surface area contributed by atoms with E-state index < -0.39 is 84.4 Å². The first-order valence-electron chi connectivity index (χ1n) is 12.4. The van der Waals surface area contributed by atoms with Gasteiger partial charge in [-0.05, 0) is 39.8 Å². The lowest BCUT2D eigenvalue weighted by molar-refractivity contribution is -0.151. The Hall–Kier alpha value is -2.57. The molecular weight excluding hydrogens is 577 g/mol. The summed E-state index contributed by atoms with van der Waals surface area (Å²) in [6.07, 6.45) is -5.65. The Morgan fingerprint density at radius 3 is 2.48 bits per heavy atom. The number of aromatic nitrogens is 2. The molecule has 2 N–H and O–H groups in total. The molecule has 3 rings (SSSR count). The zero-order chi connectivity index (χ0) is 30.0. The number of aliphatic hydroxyl groups excluding tert-OH is 1. The minimum atomic E-state index is -4.27. The number of rotatable bonds is 11. The van der Waals surface area contributed by atoms with Crippen LogP contribution < -0.4 is 15.8 Å². The summed E-state index contributed by atoms with van der Waals surface area (Å²) in [5.41, 5.74) is -4.25. The van der Waals surface area contributed by atoms with Crippen molar-refractivity contribution in [3.63, 3.8) is 0 Å². The first-order chi connectivity index (χ1) is 18.5. The van der Waals surface area contributed by atoms with E-state index in [0.29, 0.717) is 10.8 Å². The number of carbonyl (C=O) groups excluding carboxylic acids is 1. The molecule has 0 amide bonds. The van der Waals surface area contributed by atoms with Gasteiger partial charge in [-0.1, -0.05) is 25.1 Å². The molecule has 40 heavy (non-hydrogen) atoms. The molecule has 1 aliphatic heterocycles. The van der Waals surface area contributed by atoms with E-state index in [1.807, 2.05) is 0 Å². The number of aromatic amines is 1. The van der Waals surface area contributed by atoms with Crippen LogP contribution in [0.2, 0.25) is 0 Å². The van der Waals surface area contributed by atoms with Crippen LogP contribution >= 0.6 is 19.2 Å². The fourth-order valence-corrected chi connectivity index (χ4v) is 6.79.